The fourth-order valence-corrected chi connectivity index (χ4v) is 3.32. The molecular weight excluding hydrogens is 392 g/mol. The molecule has 168 valence electrons. The first kappa shape index (κ1) is 22.8. The molecule has 0 aliphatic carbocycles. The Morgan fingerprint density at radius 3 is 2.42 bits per heavy atom. The quantitative estimate of drug-likeness (QED) is 0.450. The molecule has 0 amide bonds. The fourth-order valence-electron chi connectivity index (χ4n) is 3.32. The van der Waals surface area contributed by atoms with Crippen molar-refractivity contribution in [2.45, 2.75) is 66.2 Å². The molecule has 1 aromatic heterocycles. The maximum Gasteiger partial charge on any atom is 0.226 e. The Morgan fingerprint density at radius 2 is 1.81 bits per heavy atom. The molecule has 0 spiro atoms. The van der Waals surface area contributed by atoms with Gasteiger partial charge in [0, 0.05) is 36.8 Å². The normalized spacial score (nSPS) is 14.2. The summed E-state index contributed by atoms with van der Waals surface area (Å²) in [6, 6.07) is 7.99. The number of nitrogens with zero attached hydrogens (tertiary/aromatic N) is 4. The van der Waals surface area contributed by atoms with Crippen LogP contribution in [0.5, 0.6) is 0 Å². The number of hydrogen-bond donors (Lipinski definition) is 4. The lowest BCUT2D eigenvalue weighted by atomic mass is 10.1. The van der Waals surface area contributed by atoms with Gasteiger partial charge in [0.05, 0.1) is 0 Å². The molecule has 1 aromatic carbocycles. The SMILES string of the molecule is CC(=O)c1cccc(CNc2nc(NCC(C)N)nc3c2N(C(C)C)NN3C(C)C)c1. The van der Waals surface area contributed by atoms with Crippen molar-refractivity contribution >= 4 is 29.1 Å². The minimum atomic E-state index is -0.0194. The van der Waals surface area contributed by atoms with Gasteiger partial charge in [0.2, 0.25) is 5.95 Å². The van der Waals surface area contributed by atoms with Gasteiger partial charge < -0.3 is 16.4 Å². The highest BCUT2D eigenvalue weighted by atomic mass is 16.1. The molecule has 3 rings (SSSR count). The molecule has 1 atom stereocenters. The number of carbonyl (C=O) groups excluding carboxylic acids is 1. The molecule has 9 nitrogen and oxygen atoms in total. The first-order chi connectivity index (χ1) is 14.7. The lowest BCUT2D eigenvalue weighted by Crippen LogP contribution is -2.50. The van der Waals surface area contributed by atoms with Crippen LogP contribution in [0.1, 0.15) is 57.5 Å². The van der Waals surface area contributed by atoms with E-state index in [1.165, 1.54) is 0 Å². The van der Waals surface area contributed by atoms with Crippen LogP contribution in [0.25, 0.3) is 0 Å². The van der Waals surface area contributed by atoms with Gasteiger partial charge in [-0.3, -0.25) is 14.8 Å². The summed E-state index contributed by atoms with van der Waals surface area (Å²) < 4.78 is 0. The van der Waals surface area contributed by atoms with Crippen molar-refractivity contribution in [3.8, 4) is 0 Å². The molecule has 0 saturated heterocycles. The van der Waals surface area contributed by atoms with Crippen LogP contribution < -0.4 is 31.9 Å². The molecule has 2 heterocycles. The zero-order valence-electron chi connectivity index (χ0n) is 19.2. The van der Waals surface area contributed by atoms with Crippen molar-refractivity contribution in [1.82, 2.24) is 15.5 Å². The summed E-state index contributed by atoms with van der Waals surface area (Å²) in [5.74, 6) is 2.10. The first-order valence-corrected chi connectivity index (χ1v) is 10.8. The summed E-state index contributed by atoms with van der Waals surface area (Å²) in [4.78, 5) is 21.3. The number of ketones is 1. The van der Waals surface area contributed by atoms with E-state index >= 15 is 0 Å². The summed E-state index contributed by atoms with van der Waals surface area (Å²) in [6.45, 7) is 13.1. The number of anilines is 4. The molecule has 0 saturated carbocycles. The van der Waals surface area contributed by atoms with Crippen molar-refractivity contribution in [2.75, 3.05) is 27.2 Å². The van der Waals surface area contributed by atoms with E-state index in [0.717, 1.165) is 22.9 Å². The topological polar surface area (TPSA) is 111 Å². The van der Waals surface area contributed by atoms with Gasteiger partial charge in [-0.1, -0.05) is 18.2 Å². The van der Waals surface area contributed by atoms with Crippen molar-refractivity contribution in [3.63, 3.8) is 0 Å². The third-order valence-electron chi connectivity index (χ3n) is 4.96. The fraction of sp³-hybridized carbons (Fsp3) is 0.500. The molecule has 1 unspecified atom stereocenters. The highest BCUT2D eigenvalue weighted by Crippen LogP contribution is 2.40. The zero-order chi connectivity index (χ0) is 22.7. The van der Waals surface area contributed by atoms with Gasteiger partial charge in [0.15, 0.2) is 17.4 Å². The van der Waals surface area contributed by atoms with E-state index in [2.05, 4.69) is 48.9 Å². The Hall–Kier alpha value is -2.91. The maximum atomic E-state index is 11.7. The number of hydrogen-bond acceptors (Lipinski definition) is 9. The van der Waals surface area contributed by atoms with Gasteiger partial charge in [0.25, 0.3) is 0 Å². The summed E-state index contributed by atoms with van der Waals surface area (Å²) in [7, 11) is 0. The van der Waals surface area contributed by atoms with Crippen molar-refractivity contribution in [1.29, 1.82) is 0 Å². The largest absolute Gasteiger partial charge is 0.364 e. The number of rotatable bonds is 9. The number of nitrogens with one attached hydrogen (secondary N) is 3. The number of aromatic nitrogens is 2. The van der Waals surface area contributed by atoms with E-state index in [9.17, 15) is 4.79 Å². The highest BCUT2D eigenvalue weighted by Gasteiger charge is 2.34. The van der Waals surface area contributed by atoms with Crippen LogP contribution in [0.2, 0.25) is 0 Å². The molecule has 31 heavy (non-hydrogen) atoms. The smallest absolute Gasteiger partial charge is 0.226 e. The Bertz CT molecular complexity index is 928. The number of fused-ring (bicyclic) bond motifs is 1. The number of nitrogens with two attached hydrogens (primary N) is 1. The van der Waals surface area contributed by atoms with Gasteiger partial charge in [-0.15, -0.1) is 5.53 Å². The average Bonchev–Trinajstić information content (AvgIpc) is 3.11. The number of benzene rings is 1. The zero-order valence-corrected chi connectivity index (χ0v) is 19.2. The van der Waals surface area contributed by atoms with Gasteiger partial charge in [-0.25, -0.2) is 0 Å². The predicted octanol–water partition coefficient (Wildman–Crippen LogP) is 2.91. The Kier molecular flexibility index (Phi) is 6.97. The summed E-state index contributed by atoms with van der Waals surface area (Å²) in [6.07, 6.45) is 0. The minimum Gasteiger partial charge on any atom is -0.364 e. The average molecular weight is 427 g/mol. The third kappa shape index (κ3) is 5.23. The Balaban J connectivity index is 1.98. The minimum absolute atomic E-state index is 0.0194. The summed E-state index contributed by atoms with van der Waals surface area (Å²) >= 11 is 0. The molecule has 0 fully saturated rings. The lowest BCUT2D eigenvalue weighted by molar-refractivity contribution is 0.101. The molecule has 2 aromatic rings. The summed E-state index contributed by atoms with van der Waals surface area (Å²) in [5, 5.41) is 10.8. The Labute approximate surface area is 184 Å². The molecule has 5 N–H and O–H groups in total. The van der Waals surface area contributed by atoms with Crippen LogP contribution >= 0.6 is 0 Å². The van der Waals surface area contributed by atoms with E-state index < -0.39 is 0 Å². The second kappa shape index (κ2) is 9.49. The van der Waals surface area contributed by atoms with E-state index in [4.69, 9.17) is 15.7 Å². The van der Waals surface area contributed by atoms with Gasteiger partial charge in [-0.2, -0.15) is 9.97 Å². The van der Waals surface area contributed by atoms with Crippen LogP contribution in [0.15, 0.2) is 24.3 Å². The highest BCUT2D eigenvalue weighted by molar-refractivity contribution is 5.94. The Morgan fingerprint density at radius 1 is 1.10 bits per heavy atom. The van der Waals surface area contributed by atoms with Gasteiger partial charge >= 0.3 is 0 Å². The molecule has 0 radical (unpaired) electrons. The van der Waals surface area contributed by atoms with E-state index in [1.54, 1.807) is 6.92 Å². The summed E-state index contributed by atoms with van der Waals surface area (Å²) in [5.41, 5.74) is 12.0. The van der Waals surface area contributed by atoms with Crippen LogP contribution in [0.4, 0.5) is 23.3 Å². The van der Waals surface area contributed by atoms with Crippen LogP contribution in [0, 0.1) is 0 Å². The second-order valence-electron chi connectivity index (χ2n) is 8.56. The standard InChI is InChI=1S/C22H34N8O/c1-13(2)29-19-20(24-12-17-8-7-9-18(10-17)16(6)31)26-22(25-11-15(5)23)27-21(19)30(28-29)14(3)4/h7-10,13-15,28H,11-12,23H2,1-6H3,(H2,24,25,26,27). The van der Waals surface area contributed by atoms with E-state index in [-0.39, 0.29) is 23.9 Å². The predicted molar refractivity (Wildman–Crippen MR) is 126 cm³/mol. The maximum absolute atomic E-state index is 11.7. The molecule has 0 bridgehead atoms. The van der Waals surface area contributed by atoms with Gasteiger partial charge in [-0.05, 0) is 53.2 Å². The van der Waals surface area contributed by atoms with E-state index in [1.807, 2.05) is 36.2 Å². The lowest BCUT2D eigenvalue weighted by Gasteiger charge is -2.27. The van der Waals surface area contributed by atoms with Crippen molar-refractivity contribution in [3.05, 3.63) is 35.4 Å². The number of hydrazine groups is 2. The number of Topliss-reactive ketones (excluding diaryl/α,β-unsaturated/α-hetero) is 1. The van der Waals surface area contributed by atoms with Crippen LogP contribution in [-0.4, -0.2) is 40.4 Å². The van der Waals surface area contributed by atoms with Gasteiger partial charge in [0.1, 0.15) is 5.69 Å². The number of carbonyl (C=O) groups is 1. The monoisotopic (exact) mass is 426 g/mol. The first-order valence-electron chi connectivity index (χ1n) is 10.8. The molecule has 1 aliphatic heterocycles. The second-order valence-corrected chi connectivity index (χ2v) is 8.56. The molecule has 9 heteroatoms. The molecule has 1 aliphatic rings. The van der Waals surface area contributed by atoms with E-state index in [0.29, 0.717) is 24.6 Å². The third-order valence-corrected chi connectivity index (χ3v) is 4.96. The van der Waals surface area contributed by atoms with Crippen LogP contribution in [-0.2, 0) is 6.54 Å². The molecular formula is C22H34N8O. The van der Waals surface area contributed by atoms with Crippen LogP contribution in [0.3, 0.4) is 0 Å². The van der Waals surface area contributed by atoms with Crippen molar-refractivity contribution in [2.24, 2.45) is 5.73 Å². The van der Waals surface area contributed by atoms with Crippen molar-refractivity contribution < 1.29 is 4.79 Å².